The van der Waals surface area contributed by atoms with Crippen LogP contribution in [0.5, 0.6) is 5.75 Å². The maximum absolute atomic E-state index is 11.0. The van der Waals surface area contributed by atoms with Crippen LogP contribution in [0.1, 0.15) is 25.3 Å². The van der Waals surface area contributed by atoms with Gasteiger partial charge in [0, 0.05) is 22.6 Å². The van der Waals surface area contributed by atoms with Crippen molar-refractivity contribution in [2.45, 2.75) is 32.4 Å². The summed E-state index contributed by atoms with van der Waals surface area (Å²) in [6, 6.07) is 6.54. The SMILES string of the molecule is CC(COc1ccc(Br)cc1CNC1CC1)C(N)=O. The number of halogens is 1. The Kier molecular flexibility index (Phi) is 4.82. The van der Waals surface area contributed by atoms with Gasteiger partial charge in [0.05, 0.1) is 12.5 Å². The van der Waals surface area contributed by atoms with E-state index in [4.69, 9.17) is 10.5 Å². The molecule has 19 heavy (non-hydrogen) atoms. The van der Waals surface area contributed by atoms with Crippen LogP contribution in [0.4, 0.5) is 0 Å². The summed E-state index contributed by atoms with van der Waals surface area (Å²) in [5.41, 5.74) is 6.33. The first kappa shape index (κ1) is 14.3. The molecule has 0 aromatic heterocycles. The van der Waals surface area contributed by atoms with Crippen molar-refractivity contribution in [3.8, 4) is 5.75 Å². The van der Waals surface area contributed by atoms with Crippen LogP contribution in [0.25, 0.3) is 0 Å². The molecule has 0 bridgehead atoms. The fourth-order valence-electron chi connectivity index (χ4n) is 1.67. The van der Waals surface area contributed by atoms with Crippen LogP contribution in [-0.4, -0.2) is 18.6 Å². The molecule has 0 aliphatic heterocycles. The Balaban J connectivity index is 1.98. The maximum atomic E-state index is 11.0. The highest BCUT2D eigenvalue weighted by Gasteiger charge is 2.21. The molecule has 0 radical (unpaired) electrons. The van der Waals surface area contributed by atoms with Crippen molar-refractivity contribution >= 4 is 21.8 Å². The number of carbonyl (C=O) groups excluding carboxylic acids is 1. The van der Waals surface area contributed by atoms with E-state index < -0.39 is 0 Å². The van der Waals surface area contributed by atoms with Gasteiger partial charge in [-0.2, -0.15) is 0 Å². The van der Waals surface area contributed by atoms with Crippen LogP contribution >= 0.6 is 15.9 Å². The Hall–Kier alpha value is -1.07. The largest absolute Gasteiger partial charge is 0.492 e. The monoisotopic (exact) mass is 326 g/mol. The zero-order valence-corrected chi connectivity index (χ0v) is 12.6. The van der Waals surface area contributed by atoms with Crippen molar-refractivity contribution in [3.63, 3.8) is 0 Å². The zero-order chi connectivity index (χ0) is 13.8. The number of nitrogens with one attached hydrogen (secondary N) is 1. The Labute approximate surface area is 121 Å². The lowest BCUT2D eigenvalue weighted by molar-refractivity contribution is -0.122. The number of amides is 1. The number of ether oxygens (including phenoxy) is 1. The third-order valence-electron chi connectivity index (χ3n) is 3.16. The van der Waals surface area contributed by atoms with Crippen molar-refractivity contribution in [2.24, 2.45) is 11.7 Å². The molecule has 2 rings (SSSR count). The molecule has 1 amide bonds. The van der Waals surface area contributed by atoms with Crippen molar-refractivity contribution in [3.05, 3.63) is 28.2 Å². The second-order valence-electron chi connectivity index (χ2n) is 5.02. The summed E-state index contributed by atoms with van der Waals surface area (Å²) in [6.07, 6.45) is 2.51. The summed E-state index contributed by atoms with van der Waals surface area (Å²) in [5.74, 6) is 0.187. The molecule has 1 saturated carbocycles. The lowest BCUT2D eigenvalue weighted by Crippen LogP contribution is -2.26. The van der Waals surface area contributed by atoms with Gasteiger partial charge in [0.1, 0.15) is 5.75 Å². The number of primary amides is 1. The third-order valence-corrected chi connectivity index (χ3v) is 3.65. The fraction of sp³-hybridized carbons (Fsp3) is 0.500. The molecule has 1 atom stereocenters. The van der Waals surface area contributed by atoms with E-state index >= 15 is 0 Å². The van der Waals surface area contributed by atoms with Gasteiger partial charge >= 0.3 is 0 Å². The number of hydrogen-bond donors (Lipinski definition) is 2. The summed E-state index contributed by atoms with van der Waals surface area (Å²) < 4.78 is 6.73. The van der Waals surface area contributed by atoms with Crippen LogP contribution in [0.2, 0.25) is 0 Å². The molecule has 1 aliphatic rings. The maximum Gasteiger partial charge on any atom is 0.223 e. The lowest BCUT2D eigenvalue weighted by Gasteiger charge is -2.14. The van der Waals surface area contributed by atoms with E-state index in [-0.39, 0.29) is 11.8 Å². The van der Waals surface area contributed by atoms with Crippen LogP contribution in [0.15, 0.2) is 22.7 Å². The molecular formula is C14H19BrN2O2. The Bertz CT molecular complexity index is 461. The zero-order valence-electron chi connectivity index (χ0n) is 11.0. The van der Waals surface area contributed by atoms with Crippen LogP contribution in [-0.2, 0) is 11.3 Å². The van der Waals surface area contributed by atoms with Crippen molar-refractivity contribution in [2.75, 3.05) is 6.61 Å². The molecule has 4 nitrogen and oxygen atoms in total. The molecule has 1 aromatic carbocycles. The van der Waals surface area contributed by atoms with E-state index in [1.807, 2.05) is 18.2 Å². The second-order valence-corrected chi connectivity index (χ2v) is 5.94. The first-order valence-electron chi connectivity index (χ1n) is 6.50. The molecule has 1 fully saturated rings. The quantitative estimate of drug-likeness (QED) is 0.807. The second kappa shape index (κ2) is 6.39. The van der Waals surface area contributed by atoms with E-state index in [1.54, 1.807) is 6.92 Å². The molecule has 104 valence electrons. The Morgan fingerprint density at radius 1 is 1.58 bits per heavy atom. The highest BCUT2D eigenvalue weighted by atomic mass is 79.9. The molecule has 1 aromatic rings. The minimum atomic E-state index is -0.338. The summed E-state index contributed by atoms with van der Waals surface area (Å²) in [4.78, 5) is 11.0. The number of carbonyl (C=O) groups is 1. The van der Waals surface area contributed by atoms with Crippen LogP contribution in [0, 0.1) is 5.92 Å². The average Bonchev–Trinajstić information content (AvgIpc) is 3.18. The molecule has 1 aliphatic carbocycles. The van der Waals surface area contributed by atoms with Gasteiger partial charge in [-0.15, -0.1) is 0 Å². The number of nitrogens with two attached hydrogens (primary N) is 1. The Morgan fingerprint density at radius 3 is 2.95 bits per heavy atom. The smallest absolute Gasteiger partial charge is 0.223 e. The van der Waals surface area contributed by atoms with Gasteiger partial charge in [0.15, 0.2) is 0 Å². The van der Waals surface area contributed by atoms with Crippen molar-refractivity contribution < 1.29 is 9.53 Å². The fourth-order valence-corrected chi connectivity index (χ4v) is 2.07. The van der Waals surface area contributed by atoms with Gasteiger partial charge in [-0.3, -0.25) is 4.79 Å². The molecule has 1 unspecified atom stereocenters. The molecule has 0 saturated heterocycles. The van der Waals surface area contributed by atoms with E-state index in [1.165, 1.54) is 12.8 Å². The lowest BCUT2D eigenvalue weighted by atomic mass is 10.1. The first-order chi connectivity index (χ1) is 9.06. The summed E-state index contributed by atoms with van der Waals surface area (Å²) in [7, 11) is 0. The normalized spacial score (nSPS) is 16.1. The van der Waals surface area contributed by atoms with Crippen molar-refractivity contribution in [1.82, 2.24) is 5.32 Å². The number of hydrogen-bond acceptors (Lipinski definition) is 3. The van der Waals surface area contributed by atoms with E-state index in [0.717, 1.165) is 22.3 Å². The van der Waals surface area contributed by atoms with Gasteiger partial charge in [0.2, 0.25) is 5.91 Å². The number of rotatable bonds is 7. The average molecular weight is 327 g/mol. The summed E-state index contributed by atoms with van der Waals surface area (Å²) in [5, 5.41) is 3.46. The summed E-state index contributed by atoms with van der Waals surface area (Å²) in [6.45, 7) is 2.86. The molecule has 5 heteroatoms. The van der Waals surface area contributed by atoms with Gasteiger partial charge in [-0.25, -0.2) is 0 Å². The van der Waals surface area contributed by atoms with Gasteiger partial charge in [0.25, 0.3) is 0 Å². The molecular weight excluding hydrogens is 308 g/mol. The predicted octanol–water partition coefficient (Wildman–Crippen LogP) is 2.20. The minimum Gasteiger partial charge on any atom is -0.492 e. The molecule has 3 N–H and O–H groups in total. The standard InChI is InChI=1S/C14H19BrN2O2/c1-9(14(16)18)8-19-13-5-2-11(15)6-10(13)7-17-12-3-4-12/h2,5-6,9,12,17H,3-4,7-8H2,1H3,(H2,16,18). The van der Waals surface area contributed by atoms with Gasteiger partial charge in [-0.05, 0) is 31.0 Å². The first-order valence-corrected chi connectivity index (χ1v) is 7.29. The highest BCUT2D eigenvalue weighted by molar-refractivity contribution is 9.10. The molecule has 0 heterocycles. The van der Waals surface area contributed by atoms with Crippen molar-refractivity contribution in [1.29, 1.82) is 0 Å². The number of benzene rings is 1. The Morgan fingerprint density at radius 2 is 2.32 bits per heavy atom. The van der Waals surface area contributed by atoms with Gasteiger partial charge < -0.3 is 15.8 Å². The highest BCUT2D eigenvalue weighted by Crippen LogP contribution is 2.26. The van der Waals surface area contributed by atoms with Gasteiger partial charge in [-0.1, -0.05) is 22.9 Å². The van der Waals surface area contributed by atoms with Crippen LogP contribution in [0.3, 0.4) is 0 Å². The van der Waals surface area contributed by atoms with E-state index in [0.29, 0.717) is 12.6 Å². The topological polar surface area (TPSA) is 64.3 Å². The van der Waals surface area contributed by atoms with Crippen LogP contribution < -0.4 is 15.8 Å². The predicted molar refractivity (Wildman–Crippen MR) is 77.9 cm³/mol. The third kappa shape index (κ3) is 4.51. The summed E-state index contributed by atoms with van der Waals surface area (Å²) >= 11 is 3.46. The molecule has 0 spiro atoms. The van der Waals surface area contributed by atoms with E-state index in [2.05, 4.69) is 21.2 Å². The van der Waals surface area contributed by atoms with E-state index in [9.17, 15) is 4.79 Å². The minimum absolute atomic E-state index is 0.284.